The molecule has 3 heterocycles. The minimum absolute atomic E-state index is 0.203. The van der Waals surface area contributed by atoms with Crippen LogP contribution in [0.15, 0.2) is 15.3 Å². The molecule has 0 radical (unpaired) electrons. The van der Waals surface area contributed by atoms with Gasteiger partial charge in [0, 0.05) is 29.0 Å². The lowest BCUT2D eigenvalue weighted by molar-refractivity contribution is 0.342. The van der Waals surface area contributed by atoms with Gasteiger partial charge in [0.15, 0.2) is 0 Å². The largest absolute Gasteiger partial charge is 0.337 e. The lowest BCUT2D eigenvalue weighted by Gasteiger charge is -2.19. The van der Waals surface area contributed by atoms with Crippen LogP contribution in [0.4, 0.5) is 0 Å². The quantitative estimate of drug-likeness (QED) is 0.906. The smallest absolute Gasteiger partial charge is 0.244 e. The SMILES string of the molecule is Cc1cscc1-c1noc(C2CSCCN2)n1. The molecule has 0 aromatic carbocycles. The maximum atomic E-state index is 5.35. The van der Waals surface area contributed by atoms with E-state index in [1.54, 1.807) is 11.3 Å². The highest BCUT2D eigenvalue weighted by atomic mass is 32.2. The molecule has 0 bridgehead atoms. The molecule has 17 heavy (non-hydrogen) atoms. The Hall–Kier alpha value is -0.850. The van der Waals surface area contributed by atoms with Crippen molar-refractivity contribution in [2.45, 2.75) is 13.0 Å². The van der Waals surface area contributed by atoms with Crippen LogP contribution >= 0.6 is 23.1 Å². The second-order valence-electron chi connectivity index (χ2n) is 4.01. The van der Waals surface area contributed by atoms with E-state index in [1.807, 2.05) is 11.8 Å². The third-order valence-corrected chi connectivity index (χ3v) is 4.68. The third kappa shape index (κ3) is 2.25. The lowest BCUT2D eigenvalue weighted by atomic mass is 10.2. The van der Waals surface area contributed by atoms with Crippen molar-refractivity contribution < 1.29 is 4.52 Å². The fraction of sp³-hybridized carbons (Fsp3) is 0.455. The minimum atomic E-state index is 0.203. The van der Waals surface area contributed by atoms with Gasteiger partial charge < -0.3 is 9.84 Å². The molecule has 2 aromatic rings. The van der Waals surface area contributed by atoms with Gasteiger partial charge in [-0.3, -0.25) is 0 Å². The third-order valence-electron chi connectivity index (χ3n) is 2.76. The molecule has 0 saturated carbocycles. The second-order valence-corrected chi connectivity index (χ2v) is 5.90. The van der Waals surface area contributed by atoms with Crippen molar-refractivity contribution in [3.8, 4) is 11.4 Å². The van der Waals surface area contributed by atoms with Gasteiger partial charge in [-0.15, -0.1) is 0 Å². The number of hydrogen-bond donors (Lipinski definition) is 1. The fourth-order valence-electron chi connectivity index (χ4n) is 1.80. The number of nitrogens with zero attached hydrogens (tertiary/aromatic N) is 2. The summed E-state index contributed by atoms with van der Waals surface area (Å²) in [6.07, 6.45) is 0. The molecule has 4 nitrogen and oxygen atoms in total. The molecular formula is C11H13N3OS2. The Kier molecular flexibility index (Phi) is 3.17. The molecule has 1 unspecified atom stereocenters. The molecule has 0 aliphatic carbocycles. The van der Waals surface area contributed by atoms with Gasteiger partial charge in [0.1, 0.15) is 0 Å². The minimum Gasteiger partial charge on any atom is -0.337 e. The van der Waals surface area contributed by atoms with Gasteiger partial charge in [0.25, 0.3) is 0 Å². The van der Waals surface area contributed by atoms with Crippen molar-refractivity contribution in [2.24, 2.45) is 0 Å². The Balaban J connectivity index is 1.85. The van der Waals surface area contributed by atoms with E-state index in [0.29, 0.717) is 11.7 Å². The molecule has 6 heteroatoms. The zero-order valence-electron chi connectivity index (χ0n) is 9.47. The van der Waals surface area contributed by atoms with E-state index in [1.165, 1.54) is 5.56 Å². The second kappa shape index (κ2) is 4.80. The summed E-state index contributed by atoms with van der Waals surface area (Å²) >= 11 is 3.58. The van der Waals surface area contributed by atoms with Crippen LogP contribution in [-0.4, -0.2) is 28.2 Å². The average molecular weight is 267 g/mol. The Morgan fingerprint density at radius 2 is 2.41 bits per heavy atom. The molecule has 1 N–H and O–H groups in total. The average Bonchev–Trinajstić information content (AvgIpc) is 2.98. The lowest BCUT2D eigenvalue weighted by Crippen LogP contribution is -2.30. The topological polar surface area (TPSA) is 51.0 Å². The molecule has 1 aliphatic heterocycles. The first kappa shape index (κ1) is 11.3. The van der Waals surface area contributed by atoms with Crippen molar-refractivity contribution >= 4 is 23.1 Å². The molecule has 0 spiro atoms. The fourth-order valence-corrected chi connectivity index (χ4v) is 3.55. The van der Waals surface area contributed by atoms with Gasteiger partial charge in [-0.05, 0) is 17.9 Å². The van der Waals surface area contributed by atoms with Crippen LogP contribution < -0.4 is 5.32 Å². The van der Waals surface area contributed by atoms with Crippen LogP contribution in [0.5, 0.6) is 0 Å². The standard InChI is InChI=1S/C11H13N3OS2/c1-7-4-17-5-8(7)10-13-11(15-14-10)9-6-16-3-2-12-9/h4-5,9,12H,2-3,6H2,1H3. The summed E-state index contributed by atoms with van der Waals surface area (Å²) in [4.78, 5) is 4.49. The Bertz CT molecular complexity index is 502. The monoisotopic (exact) mass is 267 g/mol. The number of rotatable bonds is 2. The van der Waals surface area contributed by atoms with E-state index in [2.05, 4.69) is 33.1 Å². The Morgan fingerprint density at radius 3 is 3.12 bits per heavy atom. The molecule has 1 aliphatic rings. The highest BCUT2D eigenvalue weighted by molar-refractivity contribution is 7.99. The van der Waals surface area contributed by atoms with Crippen molar-refractivity contribution in [2.75, 3.05) is 18.1 Å². The van der Waals surface area contributed by atoms with Crippen molar-refractivity contribution in [3.05, 3.63) is 22.2 Å². The van der Waals surface area contributed by atoms with Gasteiger partial charge in [-0.1, -0.05) is 5.16 Å². The molecule has 0 amide bonds. The summed E-state index contributed by atoms with van der Waals surface area (Å²) in [5.41, 5.74) is 2.28. The number of thioether (sulfide) groups is 1. The maximum Gasteiger partial charge on any atom is 0.244 e. The number of aromatic nitrogens is 2. The highest BCUT2D eigenvalue weighted by Gasteiger charge is 2.22. The van der Waals surface area contributed by atoms with E-state index in [-0.39, 0.29) is 6.04 Å². The molecule has 2 aromatic heterocycles. The first-order valence-electron chi connectivity index (χ1n) is 5.52. The molecule has 1 saturated heterocycles. The van der Waals surface area contributed by atoms with Gasteiger partial charge in [-0.25, -0.2) is 0 Å². The van der Waals surface area contributed by atoms with Crippen LogP contribution in [0.1, 0.15) is 17.5 Å². The van der Waals surface area contributed by atoms with Crippen LogP contribution in [0.25, 0.3) is 11.4 Å². The first-order chi connectivity index (χ1) is 8.34. The first-order valence-corrected chi connectivity index (χ1v) is 7.62. The Labute approximate surface area is 108 Å². The van der Waals surface area contributed by atoms with Gasteiger partial charge in [0.2, 0.25) is 11.7 Å². The van der Waals surface area contributed by atoms with E-state index in [4.69, 9.17) is 4.52 Å². The predicted molar refractivity (Wildman–Crippen MR) is 70.4 cm³/mol. The van der Waals surface area contributed by atoms with Gasteiger partial charge in [0.05, 0.1) is 6.04 Å². The summed E-state index contributed by atoms with van der Waals surface area (Å²) in [6, 6.07) is 0.203. The van der Waals surface area contributed by atoms with Gasteiger partial charge >= 0.3 is 0 Å². The highest BCUT2D eigenvalue weighted by Crippen LogP contribution is 2.27. The van der Waals surface area contributed by atoms with Crippen LogP contribution in [0.3, 0.4) is 0 Å². The van der Waals surface area contributed by atoms with Crippen LogP contribution in [0, 0.1) is 6.92 Å². The number of nitrogens with one attached hydrogen (secondary N) is 1. The molecular weight excluding hydrogens is 254 g/mol. The zero-order valence-corrected chi connectivity index (χ0v) is 11.1. The molecule has 1 fully saturated rings. The predicted octanol–water partition coefficient (Wildman–Crippen LogP) is 2.48. The molecule has 90 valence electrons. The maximum absolute atomic E-state index is 5.35. The summed E-state index contributed by atoms with van der Waals surface area (Å²) in [7, 11) is 0. The number of hydrogen-bond acceptors (Lipinski definition) is 6. The van der Waals surface area contributed by atoms with E-state index < -0.39 is 0 Å². The summed E-state index contributed by atoms with van der Waals surface area (Å²) in [6.45, 7) is 3.07. The van der Waals surface area contributed by atoms with Crippen molar-refractivity contribution in [1.82, 2.24) is 15.5 Å². The molecule has 1 atom stereocenters. The van der Waals surface area contributed by atoms with E-state index in [9.17, 15) is 0 Å². The zero-order chi connectivity index (χ0) is 11.7. The van der Waals surface area contributed by atoms with Crippen LogP contribution in [0.2, 0.25) is 0 Å². The van der Waals surface area contributed by atoms with E-state index >= 15 is 0 Å². The van der Waals surface area contributed by atoms with Crippen LogP contribution in [-0.2, 0) is 0 Å². The Morgan fingerprint density at radius 1 is 1.47 bits per heavy atom. The summed E-state index contributed by atoms with van der Waals surface area (Å²) in [5, 5.41) is 11.6. The van der Waals surface area contributed by atoms with Crippen molar-refractivity contribution in [3.63, 3.8) is 0 Å². The molecule has 3 rings (SSSR count). The number of aryl methyl sites for hydroxylation is 1. The summed E-state index contributed by atoms with van der Waals surface area (Å²) in [5.74, 6) is 3.57. The normalized spacial score (nSPS) is 20.6. The van der Waals surface area contributed by atoms with E-state index in [0.717, 1.165) is 23.6 Å². The van der Waals surface area contributed by atoms with Crippen molar-refractivity contribution in [1.29, 1.82) is 0 Å². The summed E-state index contributed by atoms with van der Waals surface area (Å²) < 4.78 is 5.35. The van der Waals surface area contributed by atoms with Gasteiger partial charge in [-0.2, -0.15) is 28.1 Å². The number of thiophene rings is 1.